The van der Waals surface area contributed by atoms with Crippen LogP contribution in [0.4, 0.5) is 5.82 Å². The highest BCUT2D eigenvalue weighted by Crippen LogP contribution is 2.19. The summed E-state index contributed by atoms with van der Waals surface area (Å²) in [4.78, 5) is 6.70. The van der Waals surface area contributed by atoms with E-state index in [4.69, 9.17) is 9.84 Å². The molecule has 1 saturated heterocycles. The summed E-state index contributed by atoms with van der Waals surface area (Å²) in [5, 5.41) is 8.87. The molecule has 0 spiro atoms. The molecular weight excluding hydrogens is 204 g/mol. The molecule has 2 rings (SSSR count). The van der Waals surface area contributed by atoms with Gasteiger partial charge in [0.25, 0.3) is 0 Å². The standard InChI is InChI=1S/C12H18N2O2/c15-8-2-4-11-3-1-5-13-12(11)14-6-9-16-10-7-14/h1,3,5,15H,2,4,6-10H2. The van der Waals surface area contributed by atoms with Crippen LogP contribution in [0, 0.1) is 0 Å². The monoisotopic (exact) mass is 222 g/mol. The van der Waals surface area contributed by atoms with E-state index in [1.54, 1.807) is 0 Å². The molecule has 1 aromatic rings. The Morgan fingerprint density at radius 1 is 1.38 bits per heavy atom. The van der Waals surface area contributed by atoms with Crippen molar-refractivity contribution >= 4 is 5.82 Å². The van der Waals surface area contributed by atoms with Gasteiger partial charge in [-0.15, -0.1) is 0 Å². The predicted octanol–water partition coefficient (Wildman–Crippen LogP) is 0.843. The Bertz CT molecular complexity index is 325. The smallest absolute Gasteiger partial charge is 0.131 e. The summed E-state index contributed by atoms with van der Waals surface area (Å²) in [6.45, 7) is 3.59. The Morgan fingerprint density at radius 3 is 2.94 bits per heavy atom. The van der Waals surface area contributed by atoms with Crippen molar-refractivity contribution < 1.29 is 9.84 Å². The number of aryl methyl sites for hydroxylation is 1. The van der Waals surface area contributed by atoms with E-state index in [9.17, 15) is 0 Å². The summed E-state index contributed by atoms with van der Waals surface area (Å²) in [7, 11) is 0. The van der Waals surface area contributed by atoms with Crippen LogP contribution in [0.25, 0.3) is 0 Å². The van der Waals surface area contributed by atoms with Gasteiger partial charge in [0.2, 0.25) is 0 Å². The second-order valence-corrected chi connectivity index (χ2v) is 3.91. The second-order valence-electron chi connectivity index (χ2n) is 3.91. The third-order valence-corrected chi connectivity index (χ3v) is 2.78. The number of aliphatic hydroxyl groups excluding tert-OH is 1. The minimum absolute atomic E-state index is 0.234. The van der Waals surface area contributed by atoms with Crippen molar-refractivity contribution in [1.29, 1.82) is 0 Å². The van der Waals surface area contributed by atoms with Crippen molar-refractivity contribution in [3.05, 3.63) is 23.9 Å². The van der Waals surface area contributed by atoms with Crippen molar-refractivity contribution in [2.24, 2.45) is 0 Å². The van der Waals surface area contributed by atoms with Gasteiger partial charge >= 0.3 is 0 Å². The van der Waals surface area contributed by atoms with E-state index < -0.39 is 0 Å². The zero-order chi connectivity index (χ0) is 11.2. The highest BCUT2D eigenvalue weighted by atomic mass is 16.5. The molecule has 0 saturated carbocycles. The maximum Gasteiger partial charge on any atom is 0.131 e. The van der Waals surface area contributed by atoms with Crippen LogP contribution in [0.1, 0.15) is 12.0 Å². The zero-order valence-corrected chi connectivity index (χ0v) is 9.43. The maximum absolute atomic E-state index is 8.87. The number of hydrogen-bond donors (Lipinski definition) is 1. The average Bonchev–Trinajstić information content (AvgIpc) is 2.38. The van der Waals surface area contributed by atoms with Gasteiger partial charge in [-0.1, -0.05) is 6.07 Å². The molecule has 0 aromatic carbocycles. The number of nitrogens with zero attached hydrogens (tertiary/aromatic N) is 2. The number of rotatable bonds is 4. The summed E-state index contributed by atoms with van der Waals surface area (Å²) in [5.74, 6) is 1.05. The van der Waals surface area contributed by atoms with Crippen LogP contribution >= 0.6 is 0 Å². The third-order valence-electron chi connectivity index (χ3n) is 2.78. The third kappa shape index (κ3) is 2.71. The first kappa shape index (κ1) is 11.4. The van der Waals surface area contributed by atoms with Crippen LogP contribution in [0.2, 0.25) is 0 Å². The fourth-order valence-corrected chi connectivity index (χ4v) is 1.95. The van der Waals surface area contributed by atoms with Crippen molar-refractivity contribution in [2.75, 3.05) is 37.8 Å². The average molecular weight is 222 g/mol. The molecule has 1 aliphatic heterocycles. The summed E-state index contributed by atoms with van der Waals surface area (Å²) < 4.78 is 5.33. The van der Waals surface area contributed by atoms with Gasteiger partial charge in [-0.25, -0.2) is 4.98 Å². The summed E-state index contributed by atoms with van der Waals surface area (Å²) >= 11 is 0. The van der Waals surface area contributed by atoms with Crippen LogP contribution in [-0.2, 0) is 11.2 Å². The van der Waals surface area contributed by atoms with Crippen molar-refractivity contribution in [3.63, 3.8) is 0 Å². The zero-order valence-electron chi connectivity index (χ0n) is 9.43. The molecule has 0 unspecified atom stereocenters. The Morgan fingerprint density at radius 2 is 2.19 bits per heavy atom. The van der Waals surface area contributed by atoms with Gasteiger partial charge in [-0.2, -0.15) is 0 Å². The molecule has 16 heavy (non-hydrogen) atoms. The van der Waals surface area contributed by atoms with Gasteiger partial charge < -0.3 is 14.7 Å². The molecule has 1 fully saturated rings. The number of aromatic nitrogens is 1. The van der Waals surface area contributed by atoms with Gasteiger partial charge in [0.15, 0.2) is 0 Å². The van der Waals surface area contributed by atoms with E-state index in [1.807, 2.05) is 12.3 Å². The molecule has 1 aromatic heterocycles. The maximum atomic E-state index is 8.87. The van der Waals surface area contributed by atoms with Crippen molar-refractivity contribution in [1.82, 2.24) is 4.98 Å². The Labute approximate surface area is 95.9 Å². The molecule has 2 heterocycles. The molecule has 0 amide bonds. The fourth-order valence-electron chi connectivity index (χ4n) is 1.95. The van der Waals surface area contributed by atoms with Gasteiger partial charge in [0.05, 0.1) is 13.2 Å². The lowest BCUT2D eigenvalue weighted by molar-refractivity contribution is 0.122. The molecule has 88 valence electrons. The van der Waals surface area contributed by atoms with Crippen LogP contribution in [-0.4, -0.2) is 43.0 Å². The number of morpholine rings is 1. The number of anilines is 1. The topological polar surface area (TPSA) is 45.6 Å². The number of pyridine rings is 1. The van der Waals surface area contributed by atoms with Crippen LogP contribution in [0.15, 0.2) is 18.3 Å². The molecule has 4 nitrogen and oxygen atoms in total. The minimum atomic E-state index is 0.234. The van der Waals surface area contributed by atoms with E-state index in [-0.39, 0.29) is 6.61 Å². The number of ether oxygens (including phenoxy) is 1. The first-order valence-corrected chi connectivity index (χ1v) is 5.79. The van der Waals surface area contributed by atoms with Crippen molar-refractivity contribution in [2.45, 2.75) is 12.8 Å². The predicted molar refractivity (Wildman–Crippen MR) is 62.7 cm³/mol. The van der Waals surface area contributed by atoms with Crippen LogP contribution < -0.4 is 4.90 Å². The van der Waals surface area contributed by atoms with E-state index in [1.165, 1.54) is 5.56 Å². The van der Waals surface area contributed by atoms with E-state index in [0.29, 0.717) is 0 Å². The molecule has 0 radical (unpaired) electrons. The van der Waals surface area contributed by atoms with Gasteiger partial charge in [-0.3, -0.25) is 0 Å². The lowest BCUT2D eigenvalue weighted by atomic mass is 10.1. The van der Waals surface area contributed by atoms with Crippen LogP contribution in [0.3, 0.4) is 0 Å². The first-order chi connectivity index (χ1) is 7.92. The quantitative estimate of drug-likeness (QED) is 0.820. The SMILES string of the molecule is OCCCc1cccnc1N1CCOCC1. The minimum Gasteiger partial charge on any atom is -0.396 e. The molecule has 0 atom stereocenters. The molecule has 4 heteroatoms. The van der Waals surface area contributed by atoms with E-state index in [2.05, 4.69) is 16.0 Å². The fraction of sp³-hybridized carbons (Fsp3) is 0.583. The summed E-state index contributed by atoms with van der Waals surface area (Å²) in [5.41, 5.74) is 1.22. The van der Waals surface area contributed by atoms with Crippen LogP contribution in [0.5, 0.6) is 0 Å². The highest BCUT2D eigenvalue weighted by molar-refractivity contribution is 5.47. The molecular formula is C12H18N2O2. The lowest BCUT2D eigenvalue weighted by Gasteiger charge is -2.29. The van der Waals surface area contributed by atoms with Crippen molar-refractivity contribution in [3.8, 4) is 0 Å². The molecule has 1 aliphatic rings. The molecule has 0 bridgehead atoms. The van der Waals surface area contributed by atoms with Gasteiger partial charge in [0, 0.05) is 25.9 Å². The Balaban J connectivity index is 2.11. The molecule has 1 N–H and O–H groups in total. The Hall–Kier alpha value is -1.13. The Kier molecular flexibility index (Phi) is 4.13. The van der Waals surface area contributed by atoms with E-state index >= 15 is 0 Å². The summed E-state index contributed by atoms with van der Waals surface area (Å²) in [6.07, 6.45) is 3.51. The largest absolute Gasteiger partial charge is 0.396 e. The number of aliphatic hydroxyl groups is 1. The number of hydrogen-bond acceptors (Lipinski definition) is 4. The van der Waals surface area contributed by atoms with Gasteiger partial charge in [-0.05, 0) is 24.5 Å². The van der Waals surface area contributed by atoms with E-state index in [0.717, 1.165) is 45.0 Å². The second kappa shape index (κ2) is 5.82. The normalized spacial score (nSPS) is 16.4. The summed E-state index contributed by atoms with van der Waals surface area (Å²) in [6, 6.07) is 4.05. The molecule has 0 aliphatic carbocycles. The first-order valence-electron chi connectivity index (χ1n) is 5.79. The highest BCUT2D eigenvalue weighted by Gasteiger charge is 2.15. The van der Waals surface area contributed by atoms with Gasteiger partial charge in [0.1, 0.15) is 5.82 Å². The lowest BCUT2D eigenvalue weighted by Crippen LogP contribution is -2.37.